The summed E-state index contributed by atoms with van der Waals surface area (Å²) >= 11 is 0. The van der Waals surface area contributed by atoms with Gasteiger partial charge in [0.15, 0.2) is 0 Å². The predicted octanol–water partition coefficient (Wildman–Crippen LogP) is 2.69. The molecule has 0 spiro atoms. The van der Waals surface area contributed by atoms with Crippen LogP contribution in [0.25, 0.3) is 0 Å². The standard InChI is InChI=1S/C15H28N2O/c1-3-14(2)6-5-10-17(11-9-14)13(18)12-15(16)7-4-8-15/h3-12,16H2,1-2H3. The van der Waals surface area contributed by atoms with Crippen molar-refractivity contribution in [2.45, 2.75) is 70.8 Å². The van der Waals surface area contributed by atoms with Gasteiger partial charge >= 0.3 is 0 Å². The minimum Gasteiger partial charge on any atom is -0.343 e. The maximum Gasteiger partial charge on any atom is 0.224 e. The molecule has 2 rings (SSSR count). The van der Waals surface area contributed by atoms with Gasteiger partial charge in [-0.3, -0.25) is 4.79 Å². The molecule has 0 aromatic carbocycles. The van der Waals surface area contributed by atoms with Gasteiger partial charge in [0.05, 0.1) is 0 Å². The first kappa shape index (κ1) is 13.9. The Kier molecular flexibility index (Phi) is 4.00. The van der Waals surface area contributed by atoms with Crippen LogP contribution in [0.1, 0.15) is 65.2 Å². The number of likely N-dealkylation sites (tertiary alicyclic amines) is 1. The molecule has 3 nitrogen and oxygen atoms in total. The lowest BCUT2D eigenvalue weighted by atomic mass is 9.75. The molecule has 1 atom stereocenters. The maximum absolute atomic E-state index is 12.3. The lowest BCUT2D eigenvalue weighted by Crippen LogP contribution is -2.50. The van der Waals surface area contributed by atoms with Crippen molar-refractivity contribution in [2.75, 3.05) is 13.1 Å². The van der Waals surface area contributed by atoms with Gasteiger partial charge in [-0.2, -0.15) is 0 Å². The van der Waals surface area contributed by atoms with Crippen molar-refractivity contribution < 1.29 is 4.79 Å². The van der Waals surface area contributed by atoms with Gasteiger partial charge in [0.2, 0.25) is 5.91 Å². The van der Waals surface area contributed by atoms with Gasteiger partial charge in [-0.25, -0.2) is 0 Å². The van der Waals surface area contributed by atoms with E-state index >= 15 is 0 Å². The Bertz CT molecular complexity index is 312. The van der Waals surface area contributed by atoms with Crippen LogP contribution >= 0.6 is 0 Å². The van der Waals surface area contributed by atoms with E-state index in [1.54, 1.807) is 0 Å². The van der Waals surface area contributed by atoms with Gasteiger partial charge in [0, 0.05) is 25.0 Å². The van der Waals surface area contributed by atoms with E-state index in [1.165, 1.54) is 19.3 Å². The minimum atomic E-state index is -0.169. The SMILES string of the molecule is CCC1(C)CCCN(C(=O)CC2(N)CCC2)CC1. The molecular weight excluding hydrogens is 224 g/mol. The Labute approximate surface area is 111 Å². The minimum absolute atomic E-state index is 0.169. The predicted molar refractivity (Wildman–Crippen MR) is 74.2 cm³/mol. The molecule has 0 radical (unpaired) electrons. The molecule has 0 aromatic heterocycles. The highest BCUT2D eigenvalue weighted by atomic mass is 16.2. The number of nitrogens with zero attached hydrogens (tertiary/aromatic N) is 1. The highest BCUT2D eigenvalue weighted by Crippen LogP contribution is 2.36. The molecule has 18 heavy (non-hydrogen) atoms. The highest BCUT2D eigenvalue weighted by Gasteiger charge is 2.36. The topological polar surface area (TPSA) is 46.3 Å². The number of hydrogen-bond acceptors (Lipinski definition) is 2. The molecule has 104 valence electrons. The molecule has 1 unspecified atom stereocenters. The Balaban J connectivity index is 1.87. The van der Waals surface area contributed by atoms with Crippen LogP contribution in [0.2, 0.25) is 0 Å². The van der Waals surface area contributed by atoms with Crippen molar-refractivity contribution in [1.82, 2.24) is 4.90 Å². The molecule has 3 heteroatoms. The second-order valence-electron chi connectivity index (χ2n) is 6.79. The zero-order chi connectivity index (χ0) is 13.2. The fourth-order valence-electron chi connectivity index (χ4n) is 3.16. The summed E-state index contributed by atoms with van der Waals surface area (Å²) in [6, 6.07) is 0. The monoisotopic (exact) mass is 252 g/mol. The summed E-state index contributed by atoms with van der Waals surface area (Å²) in [5.41, 5.74) is 6.45. The van der Waals surface area contributed by atoms with E-state index in [-0.39, 0.29) is 11.4 Å². The third kappa shape index (κ3) is 3.05. The van der Waals surface area contributed by atoms with E-state index in [0.29, 0.717) is 11.8 Å². The molecule has 1 aliphatic carbocycles. The highest BCUT2D eigenvalue weighted by molar-refractivity contribution is 5.77. The van der Waals surface area contributed by atoms with Crippen molar-refractivity contribution in [3.05, 3.63) is 0 Å². The summed E-state index contributed by atoms with van der Waals surface area (Å²) in [5.74, 6) is 0.289. The van der Waals surface area contributed by atoms with Crippen molar-refractivity contribution in [3.63, 3.8) is 0 Å². The van der Waals surface area contributed by atoms with E-state index in [4.69, 9.17) is 5.73 Å². The van der Waals surface area contributed by atoms with E-state index < -0.39 is 0 Å². The molecular formula is C15H28N2O. The normalized spacial score (nSPS) is 31.6. The number of carbonyl (C=O) groups excluding carboxylic acids is 1. The Hall–Kier alpha value is -0.570. The summed E-state index contributed by atoms with van der Waals surface area (Å²) < 4.78 is 0. The molecule has 2 aliphatic rings. The van der Waals surface area contributed by atoms with E-state index in [2.05, 4.69) is 18.7 Å². The van der Waals surface area contributed by atoms with E-state index in [0.717, 1.165) is 38.8 Å². The third-order valence-electron chi connectivity index (χ3n) is 5.25. The zero-order valence-corrected chi connectivity index (χ0v) is 12.0. The van der Waals surface area contributed by atoms with Gasteiger partial charge in [-0.1, -0.05) is 20.3 Å². The second-order valence-corrected chi connectivity index (χ2v) is 6.79. The number of amides is 1. The molecule has 1 aliphatic heterocycles. The van der Waals surface area contributed by atoms with E-state index in [1.807, 2.05) is 0 Å². The van der Waals surface area contributed by atoms with Gasteiger partial charge < -0.3 is 10.6 Å². The van der Waals surface area contributed by atoms with Crippen LogP contribution < -0.4 is 5.73 Å². The summed E-state index contributed by atoms with van der Waals surface area (Å²) in [5, 5.41) is 0. The average Bonchev–Trinajstić information content (AvgIpc) is 2.50. The first-order valence-corrected chi connectivity index (χ1v) is 7.53. The van der Waals surface area contributed by atoms with Crippen molar-refractivity contribution in [3.8, 4) is 0 Å². The van der Waals surface area contributed by atoms with Crippen LogP contribution in [0.3, 0.4) is 0 Å². The Morgan fingerprint density at radius 2 is 1.89 bits per heavy atom. The molecule has 0 bridgehead atoms. The smallest absolute Gasteiger partial charge is 0.224 e. The molecule has 1 heterocycles. The summed E-state index contributed by atoms with van der Waals surface area (Å²) in [6.45, 7) is 6.49. The lowest BCUT2D eigenvalue weighted by Gasteiger charge is -2.39. The first-order valence-electron chi connectivity index (χ1n) is 7.53. The van der Waals surface area contributed by atoms with Crippen LogP contribution in [0.5, 0.6) is 0 Å². The van der Waals surface area contributed by atoms with Gasteiger partial charge in [0.1, 0.15) is 0 Å². The number of nitrogens with two attached hydrogens (primary N) is 1. The van der Waals surface area contributed by atoms with Crippen LogP contribution in [-0.4, -0.2) is 29.4 Å². The molecule has 2 N–H and O–H groups in total. The zero-order valence-electron chi connectivity index (χ0n) is 12.0. The third-order valence-corrected chi connectivity index (χ3v) is 5.25. The largest absolute Gasteiger partial charge is 0.343 e. The Morgan fingerprint density at radius 3 is 2.44 bits per heavy atom. The number of rotatable bonds is 3. The average molecular weight is 252 g/mol. The molecule has 0 aromatic rings. The number of hydrogen-bond donors (Lipinski definition) is 1. The quantitative estimate of drug-likeness (QED) is 0.839. The second kappa shape index (κ2) is 5.20. The maximum atomic E-state index is 12.3. The first-order chi connectivity index (χ1) is 8.46. The van der Waals surface area contributed by atoms with Crippen LogP contribution in [0.15, 0.2) is 0 Å². The molecule has 2 fully saturated rings. The fraction of sp³-hybridized carbons (Fsp3) is 0.933. The van der Waals surface area contributed by atoms with Crippen LogP contribution in [0, 0.1) is 5.41 Å². The molecule has 1 saturated heterocycles. The van der Waals surface area contributed by atoms with Gasteiger partial charge in [-0.15, -0.1) is 0 Å². The van der Waals surface area contributed by atoms with Crippen LogP contribution in [-0.2, 0) is 4.79 Å². The van der Waals surface area contributed by atoms with Crippen molar-refractivity contribution >= 4 is 5.91 Å². The summed E-state index contributed by atoms with van der Waals surface area (Å²) in [6.07, 6.45) is 8.57. The lowest BCUT2D eigenvalue weighted by molar-refractivity contribution is -0.133. The summed E-state index contributed by atoms with van der Waals surface area (Å²) in [7, 11) is 0. The molecule has 1 saturated carbocycles. The van der Waals surface area contributed by atoms with E-state index in [9.17, 15) is 4.79 Å². The van der Waals surface area contributed by atoms with Crippen molar-refractivity contribution in [2.24, 2.45) is 11.1 Å². The molecule has 1 amide bonds. The van der Waals surface area contributed by atoms with Gasteiger partial charge in [0.25, 0.3) is 0 Å². The fourth-order valence-corrected chi connectivity index (χ4v) is 3.16. The van der Waals surface area contributed by atoms with Crippen molar-refractivity contribution in [1.29, 1.82) is 0 Å². The van der Waals surface area contributed by atoms with Gasteiger partial charge in [-0.05, 0) is 43.9 Å². The Morgan fingerprint density at radius 1 is 1.17 bits per heavy atom. The summed E-state index contributed by atoms with van der Waals surface area (Å²) in [4.78, 5) is 14.4. The number of carbonyl (C=O) groups is 1. The van der Waals surface area contributed by atoms with Crippen LogP contribution in [0.4, 0.5) is 0 Å².